The first-order chi connectivity index (χ1) is 10.1. The van der Waals surface area contributed by atoms with Crippen molar-refractivity contribution in [3.8, 4) is 0 Å². The fraction of sp³-hybridized carbons (Fsp3) is 0.125. The summed E-state index contributed by atoms with van der Waals surface area (Å²) in [4.78, 5) is 23.6. The van der Waals surface area contributed by atoms with Crippen LogP contribution in [0.25, 0.3) is 0 Å². The Labute approximate surface area is 137 Å². The molecular weight excluding hydrogens is 379 g/mol. The summed E-state index contributed by atoms with van der Waals surface area (Å²) in [6, 6.07) is 15.1. The standard InChI is InChI=1S/C16H15IN2O2/c1-11-9-13(17)7-8-14(11)19-16(21)15(20)18-10-12-5-3-2-4-6-12/h2-9H,10H2,1H3,(H,18,20)(H,19,21). The maximum atomic E-state index is 11.8. The van der Waals surface area contributed by atoms with Gasteiger partial charge in [-0.2, -0.15) is 0 Å². The number of aryl methyl sites for hydroxylation is 1. The lowest BCUT2D eigenvalue weighted by Gasteiger charge is -2.09. The van der Waals surface area contributed by atoms with Gasteiger partial charge >= 0.3 is 11.8 Å². The molecule has 0 aromatic heterocycles. The van der Waals surface area contributed by atoms with Crippen LogP contribution < -0.4 is 10.6 Å². The third kappa shape index (κ3) is 4.56. The van der Waals surface area contributed by atoms with Crippen molar-refractivity contribution in [2.45, 2.75) is 13.5 Å². The topological polar surface area (TPSA) is 58.2 Å². The van der Waals surface area contributed by atoms with Gasteiger partial charge in [-0.1, -0.05) is 30.3 Å². The Bertz CT molecular complexity index is 657. The molecule has 2 aromatic carbocycles. The monoisotopic (exact) mass is 394 g/mol. The zero-order valence-corrected chi connectivity index (χ0v) is 13.7. The van der Waals surface area contributed by atoms with Crippen molar-refractivity contribution in [1.82, 2.24) is 5.32 Å². The maximum absolute atomic E-state index is 11.8. The molecule has 21 heavy (non-hydrogen) atoms. The van der Waals surface area contributed by atoms with Gasteiger partial charge in [-0.15, -0.1) is 0 Å². The van der Waals surface area contributed by atoms with Gasteiger partial charge in [-0.3, -0.25) is 9.59 Å². The summed E-state index contributed by atoms with van der Waals surface area (Å²) in [5.74, 6) is -1.30. The molecule has 0 aliphatic carbocycles. The van der Waals surface area contributed by atoms with E-state index in [1.807, 2.05) is 49.4 Å². The Hall–Kier alpha value is -1.89. The fourth-order valence-corrected chi connectivity index (χ4v) is 2.45. The average Bonchev–Trinajstić information content (AvgIpc) is 2.48. The van der Waals surface area contributed by atoms with Gasteiger partial charge < -0.3 is 10.6 Å². The lowest BCUT2D eigenvalue weighted by atomic mass is 10.2. The fourth-order valence-electron chi connectivity index (χ4n) is 1.80. The second-order valence-corrected chi connectivity index (χ2v) is 5.83. The number of carbonyl (C=O) groups excluding carboxylic acids is 2. The van der Waals surface area contributed by atoms with E-state index in [2.05, 4.69) is 33.2 Å². The molecule has 0 unspecified atom stereocenters. The second kappa shape index (κ2) is 7.21. The minimum atomic E-state index is -0.657. The highest BCUT2D eigenvalue weighted by molar-refractivity contribution is 14.1. The van der Waals surface area contributed by atoms with E-state index in [-0.39, 0.29) is 0 Å². The van der Waals surface area contributed by atoms with Crippen LogP contribution in [0.1, 0.15) is 11.1 Å². The van der Waals surface area contributed by atoms with Gasteiger partial charge in [0.1, 0.15) is 0 Å². The van der Waals surface area contributed by atoms with Gasteiger partial charge in [0.15, 0.2) is 0 Å². The van der Waals surface area contributed by atoms with Crippen molar-refractivity contribution >= 4 is 40.1 Å². The molecule has 2 aromatic rings. The first-order valence-corrected chi connectivity index (χ1v) is 7.53. The van der Waals surface area contributed by atoms with E-state index in [4.69, 9.17) is 0 Å². The first-order valence-electron chi connectivity index (χ1n) is 6.45. The number of hydrogen-bond acceptors (Lipinski definition) is 2. The molecule has 0 aliphatic rings. The molecule has 5 heteroatoms. The Morgan fingerprint density at radius 2 is 1.76 bits per heavy atom. The SMILES string of the molecule is Cc1cc(I)ccc1NC(=O)C(=O)NCc1ccccc1. The summed E-state index contributed by atoms with van der Waals surface area (Å²) in [6.45, 7) is 2.22. The number of anilines is 1. The van der Waals surface area contributed by atoms with Crippen LogP contribution in [-0.2, 0) is 16.1 Å². The van der Waals surface area contributed by atoms with Crippen LogP contribution in [0.4, 0.5) is 5.69 Å². The molecule has 0 saturated heterocycles. The van der Waals surface area contributed by atoms with Crippen LogP contribution in [0.15, 0.2) is 48.5 Å². The lowest BCUT2D eigenvalue weighted by Crippen LogP contribution is -2.35. The van der Waals surface area contributed by atoms with Crippen LogP contribution in [0, 0.1) is 10.5 Å². The zero-order valence-electron chi connectivity index (χ0n) is 11.5. The van der Waals surface area contributed by atoms with E-state index in [1.54, 1.807) is 6.07 Å². The Balaban J connectivity index is 1.92. The summed E-state index contributed by atoms with van der Waals surface area (Å²) in [5, 5.41) is 5.22. The molecule has 0 fully saturated rings. The van der Waals surface area contributed by atoms with E-state index in [9.17, 15) is 9.59 Å². The molecule has 0 atom stereocenters. The summed E-state index contributed by atoms with van der Waals surface area (Å²) >= 11 is 2.20. The second-order valence-electron chi connectivity index (χ2n) is 4.58. The van der Waals surface area contributed by atoms with Crippen LogP contribution in [-0.4, -0.2) is 11.8 Å². The molecule has 2 rings (SSSR count). The minimum Gasteiger partial charge on any atom is -0.344 e. The van der Waals surface area contributed by atoms with Crippen LogP contribution in [0.2, 0.25) is 0 Å². The van der Waals surface area contributed by atoms with E-state index >= 15 is 0 Å². The van der Waals surface area contributed by atoms with E-state index in [1.165, 1.54) is 0 Å². The third-order valence-corrected chi connectivity index (χ3v) is 3.61. The Morgan fingerprint density at radius 1 is 1.05 bits per heavy atom. The van der Waals surface area contributed by atoms with Crippen molar-refractivity contribution < 1.29 is 9.59 Å². The molecule has 0 saturated carbocycles. The molecule has 2 amide bonds. The highest BCUT2D eigenvalue weighted by atomic mass is 127. The quantitative estimate of drug-likeness (QED) is 0.622. The summed E-state index contributed by atoms with van der Waals surface area (Å²) < 4.78 is 1.08. The molecule has 0 aliphatic heterocycles. The number of amides is 2. The number of hydrogen-bond donors (Lipinski definition) is 2. The molecule has 108 valence electrons. The van der Waals surface area contributed by atoms with Gasteiger partial charge in [0.05, 0.1) is 0 Å². The molecule has 4 nitrogen and oxygen atoms in total. The predicted molar refractivity (Wildman–Crippen MR) is 90.8 cm³/mol. The summed E-state index contributed by atoms with van der Waals surface area (Å²) in [6.07, 6.45) is 0. The molecule has 0 spiro atoms. The molecule has 0 radical (unpaired) electrons. The van der Waals surface area contributed by atoms with Crippen molar-refractivity contribution in [3.05, 3.63) is 63.2 Å². The lowest BCUT2D eigenvalue weighted by molar-refractivity contribution is -0.136. The van der Waals surface area contributed by atoms with Crippen molar-refractivity contribution in [3.63, 3.8) is 0 Å². The van der Waals surface area contributed by atoms with Gasteiger partial charge in [-0.25, -0.2) is 0 Å². The Morgan fingerprint density at radius 3 is 2.43 bits per heavy atom. The van der Waals surface area contributed by atoms with Gasteiger partial charge in [0, 0.05) is 15.8 Å². The van der Waals surface area contributed by atoms with Crippen LogP contribution >= 0.6 is 22.6 Å². The zero-order chi connectivity index (χ0) is 15.2. The largest absolute Gasteiger partial charge is 0.344 e. The van der Waals surface area contributed by atoms with Crippen molar-refractivity contribution in [2.75, 3.05) is 5.32 Å². The minimum absolute atomic E-state index is 0.332. The maximum Gasteiger partial charge on any atom is 0.313 e. The van der Waals surface area contributed by atoms with Crippen molar-refractivity contribution in [2.24, 2.45) is 0 Å². The average molecular weight is 394 g/mol. The van der Waals surface area contributed by atoms with Crippen LogP contribution in [0.3, 0.4) is 0 Å². The molecule has 0 bridgehead atoms. The Kier molecular flexibility index (Phi) is 5.32. The van der Waals surface area contributed by atoms with Crippen LogP contribution in [0.5, 0.6) is 0 Å². The third-order valence-electron chi connectivity index (χ3n) is 2.94. The van der Waals surface area contributed by atoms with Gasteiger partial charge in [0.2, 0.25) is 0 Å². The molecule has 0 heterocycles. The van der Waals surface area contributed by atoms with E-state index in [0.717, 1.165) is 14.7 Å². The number of carbonyl (C=O) groups is 2. The molecular formula is C16H15IN2O2. The van der Waals surface area contributed by atoms with Gasteiger partial charge in [0.25, 0.3) is 0 Å². The van der Waals surface area contributed by atoms with E-state index in [0.29, 0.717) is 12.2 Å². The highest BCUT2D eigenvalue weighted by Crippen LogP contribution is 2.17. The number of nitrogens with one attached hydrogen (secondary N) is 2. The predicted octanol–water partition coefficient (Wildman–Crippen LogP) is 2.85. The van der Waals surface area contributed by atoms with E-state index < -0.39 is 11.8 Å². The molecule has 2 N–H and O–H groups in total. The number of benzene rings is 2. The number of rotatable bonds is 3. The summed E-state index contributed by atoms with van der Waals surface area (Å²) in [7, 11) is 0. The van der Waals surface area contributed by atoms with Gasteiger partial charge in [-0.05, 0) is 58.8 Å². The highest BCUT2D eigenvalue weighted by Gasteiger charge is 2.14. The van der Waals surface area contributed by atoms with Crippen molar-refractivity contribution in [1.29, 1.82) is 0 Å². The smallest absolute Gasteiger partial charge is 0.313 e. The first kappa shape index (κ1) is 15.5. The number of halogens is 1. The normalized spacial score (nSPS) is 10.0. The summed E-state index contributed by atoms with van der Waals surface area (Å²) in [5.41, 5.74) is 2.52.